The molecule has 0 saturated heterocycles. The minimum atomic E-state index is 0.611. The number of hydrogen-bond donors (Lipinski definition) is 0. The Labute approximate surface area is 363 Å². The zero-order valence-electron chi connectivity index (χ0n) is 34.1. The molecule has 0 radical (unpaired) electrons. The monoisotopic (exact) mass is 803 g/mol. The number of anilines is 3. The second kappa shape index (κ2) is 14.1. The zero-order valence-corrected chi connectivity index (χ0v) is 34.1. The van der Waals surface area contributed by atoms with Gasteiger partial charge in [-0.2, -0.15) is 0 Å². The van der Waals surface area contributed by atoms with Crippen molar-refractivity contribution in [1.29, 1.82) is 0 Å². The largest absolute Gasteiger partial charge is 0.435 e. The van der Waals surface area contributed by atoms with Crippen molar-refractivity contribution in [3.63, 3.8) is 0 Å². The quantitative estimate of drug-likeness (QED) is 0.157. The first-order chi connectivity index (χ1) is 31.3. The minimum Gasteiger partial charge on any atom is -0.435 e. The maximum atomic E-state index is 6.60. The van der Waals surface area contributed by atoms with Crippen molar-refractivity contribution in [2.75, 3.05) is 4.90 Å². The molecule has 0 spiro atoms. The third kappa shape index (κ3) is 5.52. The summed E-state index contributed by atoms with van der Waals surface area (Å²) >= 11 is 0. The standard InChI is InChI=1S/C59H37N3O/c1-3-17-38(18-4-1)59-60-53-31-16-30-45(58(53)63-59)39-20-15-23-42(35-39)61(43-33-34-50-48-27-10-9-25-46(48)47-26-11-12-28-49(47)52(50)37-43)55-36-40-19-7-8-24-44(40)57-56(55)51-29-13-14-32-54(51)62(57)41-21-5-2-6-22-41/h1-37H. The van der Waals surface area contributed by atoms with Gasteiger partial charge in [-0.15, -0.1) is 0 Å². The van der Waals surface area contributed by atoms with Crippen molar-refractivity contribution in [3.05, 3.63) is 224 Å². The molecule has 11 aromatic carbocycles. The molecule has 63 heavy (non-hydrogen) atoms. The summed E-state index contributed by atoms with van der Waals surface area (Å²) in [7, 11) is 0. The van der Waals surface area contributed by atoms with Crippen LogP contribution in [-0.2, 0) is 0 Å². The molecule has 0 atom stereocenters. The fourth-order valence-electron chi connectivity index (χ4n) is 9.99. The van der Waals surface area contributed by atoms with Gasteiger partial charge >= 0.3 is 0 Å². The average Bonchev–Trinajstić information content (AvgIpc) is 3.96. The van der Waals surface area contributed by atoms with Gasteiger partial charge in [-0.3, -0.25) is 0 Å². The summed E-state index contributed by atoms with van der Waals surface area (Å²) in [5.74, 6) is 0.611. The smallest absolute Gasteiger partial charge is 0.227 e. The van der Waals surface area contributed by atoms with E-state index in [1.807, 2.05) is 36.4 Å². The topological polar surface area (TPSA) is 34.2 Å². The molecule has 294 valence electrons. The molecule has 4 heteroatoms. The van der Waals surface area contributed by atoms with Crippen molar-refractivity contribution in [2.24, 2.45) is 0 Å². The molecule has 2 heterocycles. The Kier molecular flexibility index (Phi) is 7.87. The molecule has 2 aromatic heterocycles. The molecule has 0 aliphatic rings. The number of oxazole rings is 1. The number of benzene rings is 11. The van der Waals surface area contributed by atoms with Crippen molar-refractivity contribution >= 4 is 93.1 Å². The summed E-state index contributed by atoms with van der Waals surface area (Å²) in [6.45, 7) is 0. The Morgan fingerprint density at radius 3 is 1.76 bits per heavy atom. The Bertz CT molecular complexity index is 3890. The molecule has 0 fully saturated rings. The first-order valence-electron chi connectivity index (χ1n) is 21.5. The van der Waals surface area contributed by atoms with Gasteiger partial charge < -0.3 is 13.9 Å². The van der Waals surface area contributed by atoms with Crippen LogP contribution >= 0.6 is 0 Å². The van der Waals surface area contributed by atoms with E-state index in [9.17, 15) is 0 Å². The average molecular weight is 804 g/mol. The summed E-state index contributed by atoms with van der Waals surface area (Å²) in [6.07, 6.45) is 0. The van der Waals surface area contributed by atoms with Gasteiger partial charge in [-0.25, -0.2) is 4.98 Å². The number of para-hydroxylation sites is 3. The molecule has 0 N–H and O–H groups in total. The molecule has 0 saturated carbocycles. The zero-order chi connectivity index (χ0) is 41.4. The summed E-state index contributed by atoms with van der Waals surface area (Å²) in [5, 5.41) is 12.2. The first-order valence-corrected chi connectivity index (χ1v) is 21.5. The van der Waals surface area contributed by atoms with Gasteiger partial charge in [0.2, 0.25) is 5.89 Å². The molecular weight excluding hydrogens is 767 g/mol. The van der Waals surface area contributed by atoms with Crippen LogP contribution in [0.15, 0.2) is 229 Å². The molecular formula is C59H37N3O. The van der Waals surface area contributed by atoms with Gasteiger partial charge in [0.05, 0.1) is 16.7 Å². The van der Waals surface area contributed by atoms with E-state index in [0.717, 1.165) is 56.1 Å². The highest BCUT2D eigenvalue weighted by molar-refractivity contribution is 6.27. The van der Waals surface area contributed by atoms with Gasteiger partial charge in [0, 0.05) is 44.3 Å². The van der Waals surface area contributed by atoms with E-state index < -0.39 is 0 Å². The number of hydrogen-bond acceptors (Lipinski definition) is 3. The van der Waals surface area contributed by atoms with Crippen LogP contribution in [0.25, 0.3) is 104 Å². The molecule has 13 rings (SSSR count). The van der Waals surface area contributed by atoms with E-state index in [1.54, 1.807) is 0 Å². The molecule has 4 nitrogen and oxygen atoms in total. The summed E-state index contributed by atoms with van der Waals surface area (Å²) < 4.78 is 9.05. The third-order valence-electron chi connectivity index (χ3n) is 12.7. The van der Waals surface area contributed by atoms with Crippen LogP contribution in [-0.4, -0.2) is 9.55 Å². The van der Waals surface area contributed by atoms with Crippen LogP contribution in [0, 0.1) is 0 Å². The number of rotatable bonds is 6. The highest BCUT2D eigenvalue weighted by Crippen LogP contribution is 2.49. The lowest BCUT2D eigenvalue weighted by Gasteiger charge is -2.28. The van der Waals surface area contributed by atoms with Crippen molar-refractivity contribution < 1.29 is 4.42 Å². The molecule has 0 amide bonds. The van der Waals surface area contributed by atoms with Crippen molar-refractivity contribution in [1.82, 2.24) is 9.55 Å². The number of aromatic nitrogens is 2. The van der Waals surface area contributed by atoms with E-state index in [-0.39, 0.29) is 0 Å². The predicted octanol–water partition coefficient (Wildman–Crippen LogP) is 16.3. The van der Waals surface area contributed by atoms with E-state index in [1.165, 1.54) is 59.4 Å². The predicted molar refractivity (Wildman–Crippen MR) is 264 cm³/mol. The van der Waals surface area contributed by atoms with E-state index in [0.29, 0.717) is 5.89 Å². The first kappa shape index (κ1) is 35.3. The van der Waals surface area contributed by atoms with Crippen LogP contribution in [0.1, 0.15) is 0 Å². The van der Waals surface area contributed by atoms with Gasteiger partial charge in [0.25, 0.3) is 0 Å². The summed E-state index contributed by atoms with van der Waals surface area (Å²) in [6, 6.07) is 80.7. The fraction of sp³-hybridized carbons (Fsp3) is 0. The fourth-order valence-corrected chi connectivity index (χ4v) is 9.99. The van der Waals surface area contributed by atoms with E-state index in [4.69, 9.17) is 9.40 Å². The minimum absolute atomic E-state index is 0.611. The van der Waals surface area contributed by atoms with Gasteiger partial charge in [-0.1, -0.05) is 158 Å². The summed E-state index contributed by atoms with van der Waals surface area (Å²) in [4.78, 5) is 7.41. The lowest BCUT2D eigenvalue weighted by molar-refractivity contribution is 0.621. The summed E-state index contributed by atoms with van der Waals surface area (Å²) in [5.41, 5.74) is 11.2. The lowest BCUT2D eigenvalue weighted by Crippen LogP contribution is -2.11. The van der Waals surface area contributed by atoms with Crippen molar-refractivity contribution in [2.45, 2.75) is 0 Å². The van der Waals surface area contributed by atoms with Crippen LogP contribution in [0.5, 0.6) is 0 Å². The van der Waals surface area contributed by atoms with Crippen LogP contribution in [0.3, 0.4) is 0 Å². The Morgan fingerprint density at radius 2 is 1.00 bits per heavy atom. The highest BCUT2D eigenvalue weighted by atomic mass is 16.3. The second-order valence-corrected chi connectivity index (χ2v) is 16.3. The Morgan fingerprint density at radius 1 is 0.413 bits per heavy atom. The van der Waals surface area contributed by atoms with Crippen molar-refractivity contribution in [3.8, 4) is 28.3 Å². The molecule has 0 unspecified atom stereocenters. The van der Waals surface area contributed by atoms with E-state index >= 15 is 0 Å². The van der Waals surface area contributed by atoms with E-state index in [2.05, 4.69) is 198 Å². The Hall–Kier alpha value is -8.47. The molecule has 13 aromatic rings. The van der Waals surface area contributed by atoms with Gasteiger partial charge in [0.1, 0.15) is 5.52 Å². The third-order valence-corrected chi connectivity index (χ3v) is 12.7. The maximum Gasteiger partial charge on any atom is 0.227 e. The second-order valence-electron chi connectivity index (χ2n) is 16.3. The molecule has 0 bridgehead atoms. The van der Waals surface area contributed by atoms with Crippen LogP contribution in [0.2, 0.25) is 0 Å². The lowest BCUT2D eigenvalue weighted by atomic mass is 9.93. The molecule has 0 aliphatic carbocycles. The highest BCUT2D eigenvalue weighted by Gasteiger charge is 2.25. The number of nitrogens with zero attached hydrogens (tertiary/aromatic N) is 3. The Balaban J connectivity index is 1.13. The normalized spacial score (nSPS) is 11.8. The van der Waals surface area contributed by atoms with Gasteiger partial charge in [-0.05, 0) is 110 Å². The van der Waals surface area contributed by atoms with Crippen LogP contribution < -0.4 is 4.90 Å². The SMILES string of the molecule is c1ccc(-c2nc3cccc(-c4cccc(N(c5ccc6c7ccccc7c7ccccc7c6c5)c5cc6ccccc6c6c5c5ccccc5n6-c5ccccc5)c4)c3o2)cc1. The molecule has 0 aliphatic heterocycles. The van der Waals surface area contributed by atoms with Crippen LogP contribution in [0.4, 0.5) is 17.1 Å². The maximum absolute atomic E-state index is 6.60. The number of fused-ring (bicyclic) bond motifs is 12. The van der Waals surface area contributed by atoms with Gasteiger partial charge in [0.15, 0.2) is 5.58 Å².